The average molecular weight is 232 g/mol. The number of fused-ring (bicyclic) bond motifs is 1. The number of Topliss-reactive ketones (excluding diaryl/α,β-unsaturated/α-hetero) is 1. The van der Waals surface area contributed by atoms with E-state index in [9.17, 15) is 9.59 Å². The fraction of sp³-hybridized carbons (Fsp3) is 0.250. The first-order valence-electron chi connectivity index (χ1n) is 5.25. The molecule has 0 saturated heterocycles. The molecule has 0 aliphatic heterocycles. The lowest BCUT2D eigenvalue weighted by Crippen LogP contribution is -2.12. The zero-order valence-corrected chi connectivity index (χ0v) is 9.54. The fourth-order valence-corrected chi connectivity index (χ4v) is 1.73. The van der Waals surface area contributed by atoms with E-state index >= 15 is 0 Å². The number of ketones is 1. The van der Waals surface area contributed by atoms with Crippen LogP contribution in [-0.4, -0.2) is 26.6 Å². The Morgan fingerprint density at radius 1 is 1.35 bits per heavy atom. The molecule has 2 aromatic rings. The Hall–Kier alpha value is -2.17. The van der Waals surface area contributed by atoms with Crippen LogP contribution in [0.3, 0.4) is 0 Å². The molecular weight excluding hydrogens is 220 g/mol. The van der Waals surface area contributed by atoms with Crippen molar-refractivity contribution in [1.82, 2.24) is 9.78 Å². The van der Waals surface area contributed by atoms with Crippen LogP contribution in [0.4, 0.5) is 0 Å². The van der Waals surface area contributed by atoms with Crippen molar-refractivity contribution in [2.45, 2.75) is 19.9 Å². The predicted octanol–water partition coefficient (Wildman–Crippen LogP) is 1.88. The van der Waals surface area contributed by atoms with Crippen LogP contribution in [0.5, 0.6) is 0 Å². The summed E-state index contributed by atoms with van der Waals surface area (Å²) in [6, 6.07) is 5.00. The first-order valence-corrected chi connectivity index (χ1v) is 5.25. The molecule has 1 heterocycles. The minimum absolute atomic E-state index is 0.174. The lowest BCUT2D eigenvalue weighted by Gasteiger charge is -2.06. The molecule has 5 nitrogen and oxygen atoms in total. The smallest absolute Gasteiger partial charge is 0.377 e. The van der Waals surface area contributed by atoms with Gasteiger partial charge in [0.15, 0.2) is 0 Å². The van der Waals surface area contributed by atoms with Gasteiger partial charge in [0.05, 0.1) is 11.7 Å². The summed E-state index contributed by atoms with van der Waals surface area (Å²) in [7, 11) is 0. The molecule has 0 bridgehead atoms. The molecule has 0 spiro atoms. The molecule has 17 heavy (non-hydrogen) atoms. The molecule has 5 heteroatoms. The molecule has 1 aromatic heterocycles. The summed E-state index contributed by atoms with van der Waals surface area (Å²) in [4.78, 5) is 21.9. The third-order valence-electron chi connectivity index (χ3n) is 2.54. The van der Waals surface area contributed by atoms with Gasteiger partial charge in [-0.2, -0.15) is 5.10 Å². The second-order valence-corrected chi connectivity index (χ2v) is 4.09. The van der Waals surface area contributed by atoms with Gasteiger partial charge in [-0.05, 0) is 32.0 Å². The van der Waals surface area contributed by atoms with Gasteiger partial charge in [0, 0.05) is 17.0 Å². The van der Waals surface area contributed by atoms with Crippen LogP contribution in [0, 0.1) is 0 Å². The van der Waals surface area contributed by atoms with Gasteiger partial charge in [-0.3, -0.25) is 9.48 Å². The SMILES string of the molecule is CC(C)n1ncc2cc(C(=O)C(=O)O)ccc21. The van der Waals surface area contributed by atoms with E-state index in [0.717, 1.165) is 10.9 Å². The van der Waals surface area contributed by atoms with E-state index in [1.165, 1.54) is 6.07 Å². The molecule has 1 aromatic carbocycles. The largest absolute Gasteiger partial charge is 0.475 e. The van der Waals surface area contributed by atoms with Crippen LogP contribution in [0.25, 0.3) is 10.9 Å². The van der Waals surface area contributed by atoms with Gasteiger partial charge in [-0.25, -0.2) is 4.79 Å². The second kappa shape index (κ2) is 4.01. The van der Waals surface area contributed by atoms with Crippen molar-refractivity contribution in [2.75, 3.05) is 0 Å². The molecule has 0 unspecified atom stereocenters. The van der Waals surface area contributed by atoms with Gasteiger partial charge in [0.2, 0.25) is 0 Å². The second-order valence-electron chi connectivity index (χ2n) is 4.09. The van der Waals surface area contributed by atoms with Crippen LogP contribution < -0.4 is 0 Å². The number of benzene rings is 1. The van der Waals surface area contributed by atoms with Crippen LogP contribution >= 0.6 is 0 Å². The highest BCUT2D eigenvalue weighted by molar-refractivity contribution is 6.40. The maximum atomic E-state index is 11.3. The van der Waals surface area contributed by atoms with E-state index in [1.54, 1.807) is 18.3 Å². The van der Waals surface area contributed by atoms with Gasteiger partial charge < -0.3 is 5.11 Å². The van der Waals surface area contributed by atoms with E-state index in [2.05, 4.69) is 5.10 Å². The Morgan fingerprint density at radius 2 is 2.06 bits per heavy atom. The molecule has 0 fully saturated rings. The fourth-order valence-electron chi connectivity index (χ4n) is 1.73. The molecule has 0 atom stereocenters. The first-order chi connectivity index (χ1) is 8.00. The lowest BCUT2D eigenvalue weighted by atomic mass is 10.1. The number of hydrogen-bond acceptors (Lipinski definition) is 3. The Morgan fingerprint density at radius 3 is 2.65 bits per heavy atom. The molecule has 88 valence electrons. The summed E-state index contributed by atoms with van der Waals surface area (Å²) >= 11 is 0. The minimum atomic E-state index is -1.44. The summed E-state index contributed by atoms with van der Waals surface area (Å²) in [5, 5.41) is 13.6. The molecular formula is C12H12N2O3. The first kappa shape index (κ1) is 11.3. The molecule has 2 rings (SSSR count). The van der Waals surface area contributed by atoms with Crippen molar-refractivity contribution in [3.63, 3.8) is 0 Å². The number of carboxylic acids is 1. The Balaban J connectivity index is 2.53. The van der Waals surface area contributed by atoms with E-state index in [1.807, 2.05) is 18.5 Å². The summed E-state index contributed by atoms with van der Waals surface area (Å²) in [6.07, 6.45) is 1.63. The third-order valence-corrected chi connectivity index (χ3v) is 2.54. The van der Waals surface area contributed by atoms with Crippen molar-refractivity contribution in [2.24, 2.45) is 0 Å². The Kier molecular flexibility index (Phi) is 2.67. The monoisotopic (exact) mass is 232 g/mol. The standard InChI is InChI=1S/C12H12N2O3/c1-7(2)14-10-4-3-8(11(15)12(16)17)5-9(10)6-13-14/h3-7H,1-2H3,(H,16,17). The van der Waals surface area contributed by atoms with Gasteiger partial charge in [0.25, 0.3) is 5.78 Å². The van der Waals surface area contributed by atoms with Crippen LogP contribution in [0.15, 0.2) is 24.4 Å². The van der Waals surface area contributed by atoms with E-state index in [0.29, 0.717) is 0 Å². The molecule has 0 aliphatic rings. The Labute approximate surface area is 97.7 Å². The zero-order valence-electron chi connectivity index (χ0n) is 9.54. The number of carbonyl (C=O) groups is 2. The normalized spacial score (nSPS) is 11.0. The lowest BCUT2D eigenvalue weighted by molar-refractivity contribution is -0.131. The van der Waals surface area contributed by atoms with Crippen molar-refractivity contribution < 1.29 is 14.7 Å². The highest BCUT2D eigenvalue weighted by Crippen LogP contribution is 2.19. The van der Waals surface area contributed by atoms with Crippen molar-refractivity contribution in [3.05, 3.63) is 30.0 Å². The zero-order chi connectivity index (χ0) is 12.6. The molecule has 0 saturated carbocycles. The summed E-state index contributed by atoms with van der Waals surface area (Å²) in [5.74, 6) is -2.34. The Bertz CT molecular complexity index is 599. The molecule has 0 amide bonds. The molecule has 0 radical (unpaired) electrons. The van der Waals surface area contributed by atoms with Crippen LogP contribution in [0.1, 0.15) is 30.2 Å². The van der Waals surface area contributed by atoms with Gasteiger partial charge in [-0.15, -0.1) is 0 Å². The maximum absolute atomic E-state index is 11.3. The van der Waals surface area contributed by atoms with E-state index < -0.39 is 11.8 Å². The number of aliphatic carboxylic acids is 1. The van der Waals surface area contributed by atoms with Crippen molar-refractivity contribution >= 4 is 22.7 Å². The molecule has 0 aliphatic carbocycles. The predicted molar refractivity (Wildman–Crippen MR) is 62.1 cm³/mol. The average Bonchev–Trinajstić information content (AvgIpc) is 2.70. The van der Waals surface area contributed by atoms with Gasteiger partial charge in [-0.1, -0.05) is 0 Å². The van der Waals surface area contributed by atoms with E-state index in [4.69, 9.17) is 5.11 Å². The van der Waals surface area contributed by atoms with Gasteiger partial charge >= 0.3 is 5.97 Å². The van der Waals surface area contributed by atoms with Crippen molar-refractivity contribution in [1.29, 1.82) is 0 Å². The van der Waals surface area contributed by atoms with Crippen LogP contribution in [-0.2, 0) is 4.79 Å². The number of carboxylic acid groups (broad SMARTS) is 1. The third kappa shape index (κ3) is 1.91. The van der Waals surface area contributed by atoms with E-state index in [-0.39, 0.29) is 11.6 Å². The number of carbonyl (C=O) groups excluding carboxylic acids is 1. The number of hydrogen-bond donors (Lipinski definition) is 1. The molecule has 1 N–H and O–H groups in total. The number of aromatic nitrogens is 2. The minimum Gasteiger partial charge on any atom is -0.475 e. The van der Waals surface area contributed by atoms with Crippen molar-refractivity contribution in [3.8, 4) is 0 Å². The maximum Gasteiger partial charge on any atom is 0.377 e. The summed E-state index contributed by atoms with van der Waals surface area (Å²) < 4.78 is 1.82. The number of rotatable bonds is 3. The quantitative estimate of drug-likeness (QED) is 0.647. The summed E-state index contributed by atoms with van der Waals surface area (Å²) in [6.45, 7) is 4.01. The van der Waals surface area contributed by atoms with Gasteiger partial charge in [0.1, 0.15) is 0 Å². The highest BCUT2D eigenvalue weighted by atomic mass is 16.4. The van der Waals surface area contributed by atoms with Crippen LogP contribution in [0.2, 0.25) is 0 Å². The highest BCUT2D eigenvalue weighted by Gasteiger charge is 2.15. The summed E-state index contributed by atoms with van der Waals surface area (Å²) in [5.41, 5.74) is 1.07. The topological polar surface area (TPSA) is 72.2 Å². The number of nitrogens with zero attached hydrogens (tertiary/aromatic N) is 2.